The summed E-state index contributed by atoms with van der Waals surface area (Å²) >= 11 is 6.09. The first-order valence-corrected chi connectivity index (χ1v) is 12.3. The lowest BCUT2D eigenvalue weighted by Crippen LogP contribution is -2.15. The molecule has 2 N–H and O–H groups in total. The summed E-state index contributed by atoms with van der Waals surface area (Å²) in [6, 6.07) is 19.2. The molecule has 3 aromatic rings. The van der Waals surface area contributed by atoms with Crippen LogP contribution in [0.4, 0.5) is 11.4 Å². The third-order valence-corrected chi connectivity index (χ3v) is 6.93. The standard InChI is InChI=1S/C21H19ClN2O5S2/c1-29-20-10-6-5-9-19(20)24-31(27,28)21-15-17(11-12-18(21)22)23-30(25,26)14-13-16-7-3-2-4-8-16/h2-15,23-24H,1H3/b14-13+. The SMILES string of the molecule is COc1ccccc1NS(=O)(=O)c1cc(NS(=O)(=O)/C=C/c2ccccc2)ccc1Cl. The van der Waals surface area contributed by atoms with E-state index < -0.39 is 20.0 Å². The highest BCUT2D eigenvalue weighted by molar-refractivity contribution is 7.95. The number of methoxy groups -OCH3 is 1. The summed E-state index contributed by atoms with van der Waals surface area (Å²) in [7, 11) is -6.60. The summed E-state index contributed by atoms with van der Waals surface area (Å²) in [4.78, 5) is -0.285. The monoisotopic (exact) mass is 478 g/mol. The van der Waals surface area contributed by atoms with Crippen LogP contribution in [0.1, 0.15) is 5.56 Å². The summed E-state index contributed by atoms with van der Waals surface area (Å²) in [6.07, 6.45) is 1.43. The second kappa shape index (κ2) is 9.42. The highest BCUT2D eigenvalue weighted by Gasteiger charge is 2.21. The molecule has 0 spiro atoms. The van der Waals surface area contributed by atoms with E-state index in [4.69, 9.17) is 16.3 Å². The molecule has 3 rings (SSSR count). The average Bonchev–Trinajstić information content (AvgIpc) is 2.74. The van der Waals surface area contributed by atoms with Crippen LogP contribution < -0.4 is 14.2 Å². The zero-order valence-electron chi connectivity index (χ0n) is 16.3. The molecule has 162 valence electrons. The maximum absolute atomic E-state index is 12.9. The average molecular weight is 479 g/mol. The third-order valence-electron chi connectivity index (χ3n) is 4.07. The zero-order chi connectivity index (χ0) is 22.5. The molecule has 0 atom stereocenters. The Kier molecular flexibility index (Phi) is 6.89. The second-order valence-electron chi connectivity index (χ2n) is 6.31. The van der Waals surface area contributed by atoms with Crippen molar-refractivity contribution >= 4 is 49.1 Å². The molecule has 0 saturated heterocycles. The Bertz CT molecular complexity index is 1310. The fourth-order valence-electron chi connectivity index (χ4n) is 2.63. The summed E-state index contributed by atoms with van der Waals surface area (Å²) in [5.74, 6) is 0.324. The van der Waals surface area contributed by atoms with Crippen LogP contribution in [0.2, 0.25) is 5.02 Å². The molecule has 0 bridgehead atoms. The Balaban J connectivity index is 1.86. The van der Waals surface area contributed by atoms with Crippen LogP contribution in [0.3, 0.4) is 0 Å². The largest absolute Gasteiger partial charge is 0.495 e. The fourth-order valence-corrected chi connectivity index (χ4v) is 5.09. The van der Waals surface area contributed by atoms with Crippen molar-refractivity contribution in [2.45, 2.75) is 4.90 Å². The molecular formula is C21H19ClN2O5S2. The van der Waals surface area contributed by atoms with Gasteiger partial charge in [-0.05, 0) is 42.0 Å². The van der Waals surface area contributed by atoms with Gasteiger partial charge in [0, 0.05) is 0 Å². The number of rotatable bonds is 8. The van der Waals surface area contributed by atoms with E-state index in [-0.39, 0.29) is 21.3 Å². The molecule has 7 nitrogen and oxygen atoms in total. The van der Waals surface area contributed by atoms with Gasteiger partial charge in [0.1, 0.15) is 10.6 Å². The number of hydrogen-bond acceptors (Lipinski definition) is 5. The van der Waals surface area contributed by atoms with E-state index >= 15 is 0 Å². The Morgan fingerprint density at radius 3 is 2.26 bits per heavy atom. The van der Waals surface area contributed by atoms with Gasteiger partial charge in [-0.3, -0.25) is 9.44 Å². The Morgan fingerprint density at radius 1 is 0.871 bits per heavy atom. The van der Waals surface area contributed by atoms with Crippen LogP contribution in [-0.2, 0) is 20.0 Å². The molecule has 0 aliphatic rings. The molecule has 0 unspecified atom stereocenters. The Morgan fingerprint density at radius 2 is 1.55 bits per heavy atom. The van der Waals surface area contributed by atoms with Crippen molar-refractivity contribution in [3.63, 3.8) is 0 Å². The van der Waals surface area contributed by atoms with Crippen molar-refractivity contribution in [2.75, 3.05) is 16.6 Å². The van der Waals surface area contributed by atoms with Crippen LogP contribution in [0, 0.1) is 0 Å². The molecule has 0 saturated carbocycles. The van der Waals surface area contributed by atoms with Crippen molar-refractivity contribution in [1.82, 2.24) is 0 Å². The fraction of sp³-hybridized carbons (Fsp3) is 0.0476. The Hall–Kier alpha value is -3.01. The number of anilines is 2. The zero-order valence-corrected chi connectivity index (χ0v) is 18.7. The minimum absolute atomic E-state index is 0.0440. The molecule has 10 heteroatoms. The summed E-state index contributed by atoms with van der Waals surface area (Å²) in [5.41, 5.74) is 0.966. The molecule has 0 amide bonds. The van der Waals surface area contributed by atoms with Crippen LogP contribution in [0.5, 0.6) is 5.75 Å². The molecule has 0 fully saturated rings. The highest BCUT2D eigenvalue weighted by Crippen LogP contribution is 2.30. The van der Waals surface area contributed by atoms with Crippen LogP contribution in [0.25, 0.3) is 6.08 Å². The van der Waals surface area contributed by atoms with Crippen LogP contribution in [0.15, 0.2) is 83.1 Å². The molecule has 3 aromatic carbocycles. The van der Waals surface area contributed by atoms with Gasteiger partial charge in [0.25, 0.3) is 20.0 Å². The van der Waals surface area contributed by atoms with Crippen molar-refractivity contribution in [3.8, 4) is 5.75 Å². The second-order valence-corrected chi connectivity index (χ2v) is 9.94. The first kappa shape index (κ1) is 22.7. The van der Waals surface area contributed by atoms with E-state index in [0.29, 0.717) is 11.3 Å². The number of benzene rings is 3. The maximum Gasteiger partial charge on any atom is 0.263 e. The van der Waals surface area contributed by atoms with Crippen molar-refractivity contribution in [1.29, 1.82) is 0 Å². The minimum Gasteiger partial charge on any atom is -0.495 e. The number of para-hydroxylation sites is 2. The predicted octanol–water partition coefficient (Wildman–Crippen LogP) is 4.56. The molecule has 31 heavy (non-hydrogen) atoms. The first-order chi connectivity index (χ1) is 14.7. The van der Waals surface area contributed by atoms with Crippen molar-refractivity contribution in [2.24, 2.45) is 0 Å². The molecule has 0 radical (unpaired) electrons. The number of hydrogen-bond donors (Lipinski definition) is 2. The van der Waals surface area contributed by atoms with Gasteiger partial charge in [0.05, 0.1) is 28.9 Å². The van der Waals surface area contributed by atoms with Gasteiger partial charge in [-0.2, -0.15) is 0 Å². The van der Waals surface area contributed by atoms with Gasteiger partial charge >= 0.3 is 0 Å². The van der Waals surface area contributed by atoms with Gasteiger partial charge in [-0.25, -0.2) is 16.8 Å². The lowest BCUT2D eigenvalue weighted by molar-refractivity contribution is 0.417. The normalized spacial score (nSPS) is 11.9. The van der Waals surface area contributed by atoms with E-state index in [2.05, 4.69) is 9.44 Å². The molecular weight excluding hydrogens is 460 g/mol. The van der Waals surface area contributed by atoms with E-state index in [1.807, 2.05) is 6.07 Å². The number of nitrogens with one attached hydrogen (secondary N) is 2. The quantitative estimate of drug-likeness (QED) is 0.494. The lowest BCUT2D eigenvalue weighted by Gasteiger charge is -2.13. The molecule has 0 aromatic heterocycles. The molecule has 0 heterocycles. The lowest BCUT2D eigenvalue weighted by atomic mass is 10.2. The molecule has 0 aliphatic carbocycles. The van der Waals surface area contributed by atoms with E-state index in [9.17, 15) is 16.8 Å². The summed E-state index contributed by atoms with van der Waals surface area (Å²) in [5, 5.41) is 0.934. The number of ether oxygens (including phenoxy) is 1. The van der Waals surface area contributed by atoms with Gasteiger partial charge in [0.2, 0.25) is 0 Å². The van der Waals surface area contributed by atoms with Crippen LogP contribution >= 0.6 is 11.6 Å². The van der Waals surface area contributed by atoms with Gasteiger partial charge in [-0.15, -0.1) is 0 Å². The summed E-state index contributed by atoms with van der Waals surface area (Å²) < 4.78 is 60.4. The molecule has 0 aliphatic heterocycles. The summed E-state index contributed by atoms with van der Waals surface area (Å²) in [6.45, 7) is 0. The predicted molar refractivity (Wildman–Crippen MR) is 123 cm³/mol. The van der Waals surface area contributed by atoms with Crippen LogP contribution in [-0.4, -0.2) is 23.9 Å². The van der Waals surface area contributed by atoms with Crippen molar-refractivity contribution in [3.05, 3.63) is 88.8 Å². The van der Waals surface area contributed by atoms with Gasteiger partial charge in [-0.1, -0.05) is 54.1 Å². The highest BCUT2D eigenvalue weighted by atomic mass is 35.5. The number of halogens is 1. The third kappa shape index (κ3) is 6.00. The minimum atomic E-state index is -4.12. The van der Waals surface area contributed by atoms with Gasteiger partial charge < -0.3 is 4.74 Å². The van der Waals surface area contributed by atoms with Crippen molar-refractivity contribution < 1.29 is 21.6 Å². The Labute approximate surface area is 186 Å². The number of sulfonamides is 2. The van der Waals surface area contributed by atoms with E-state index in [1.54, 1.807) is 42.5 Å². The van der Waals surface area contributed by atoms with E-state index in [1.165, 1.54) is 31.4 Å². The topological polar surface area (TPSA) is 102 Å². The maximum atomic E-state index is 12.9. The first-order valence-electron chi connectivity index (χ1n) is 8.91. The smallest absolute Gasteiger partial charge is 0.263 e. The van der Waals surface area contributed by atoms with Gasteiger partial charge in [0.15, 0.2) is 0 Å². The van der Waals surface area contributed by atoms with E-state index in [0.717, 1.165) is 11.5 Å².